The summed E-state index contributed by atoms with van der Waals surface area (Å²) in [7, 11) is 0. The number of aryl methyl sites for hydroxylation is 1. The highest BCUT2D eigenvalue weighted by molar-refractivity contribution is 5.89. The molecular formula is C19H31ClN4O2. The van der Waals surface area contributed by atoms with Gasteiger partial charge in [-0.15, -0.1) is 12.4 Å². The average molecular weight is 383 g/mol. The number of likely N-dealkylation sites (tertiary alicyclic amines) is 1. The van der Waals surface area contributed by atoms with Crippen molar-refractivity contribution in [3.05, 3.63) is 29.8 Å². The summed E-state index contributed by atoms with van der Waals surface area (Å²) in [6.45, 7) is 9.17. The highest BCUT2D eigenvalue weighted by Gasteiger charge is 2.33. The van der Waals surface area contributed by atoms with Gasteiger partial charge in [-0.1, -0.05) is 38.5 Å². The van der Waals surface area contributed by atoms with Crippen molar-refractivity contribution in [1.82, 2.24) is 10.2 Å². The van der Waals surface area contributed by atoms with Gasteiger partial charge in [0.2, 0.25) is 5.91 Å². The van der Waals surface area contributed by atoms with Crippen molar-refractivity contribution in [3.63, 3.8) is 0 Å². The van der Waals surface area contributed by atoms with E-state index < -0.39 is 6.04 Å². The zero-order valence-electron chi connectivity index (χ0n) is 16.0. The maximum Gasteiger partial charge on any atom is 0.319 e. The molecule has 7 heteroatoms. The molecule has 1 aliphatic rings. The lowest BCUT2D eigenvalue weighted by Crippen LogP contribution is -2.54. The number of nitrogens with zero attached hydrogens (tertiary/aromatic N) is 1. The van der Waals surface area contributed by atoms with E-state index in [1.807, 2.05) is 56.9 Å². The number of amides is 3. The topological polar surface area (TPSA) is 87.5 Å². The highest BCUT2D eigenvalue weighted by Crippen LogP contribution is 2.21. The molecule has 0 radical (unpaired) electrons. The third-order valence-electron chi connectivity index (χ3n) is 4.65. The molecule has 0 unspecified atom stereocenters. The van der Waals surface area contributed by atoms with Crippen molar-refractivity contribution in [1.29, 1.82) is 0 Å². The van der Waals surface area contributed by atoms with Crippen LogP contribution in [0.25, 0.3) is 0 Å². The average Bonchev–Trinajstić information content (AvgIpc) is 2.55. The summed E-state index contributed by atoms with van der Waals surface area (Å²) in [4.78, 5) is 26.4. The molecule has 6 nitrogen and oxygen atoms in total. The first-order chi connectivity index (χ1) is 11.7. The fourth-order valence-corrected chi connectivity index (χ4v) is 2.80. The minimum atomic E-state index is -0.498. The van der Waals surface area contributed by atoms with Gasteiger partial charge in [0.15, 0.2) is 0 Å². The molecule has 2 rings (SSSR count). The molecule has 1 atom stereocenters. The third kappa shape index (κ3) is 6.18. The van der Waals surface area contributed by atoms with E-state index in [0.29, 0.717) is 13.1 Å². The number of benzene rings is 1. The van der Waals surface area contributed by atoms with E-state index in [2.05, 4.69) is 10.6 Å². The molecule has 1 heterocycles. The molecule has 1 aliphatic heterocycles. The maximum atomic E-state index is 12.4. The van der Waals surface area contributed by atoms with Gasteiger partial charge in [-0.3, -0.25) is 4.79 Å². The van der Waals surface area contributed by atoms with Crippen LogP contribution in [0.1, 0.15) is 39.2 Å². The summed E-state index contributed by atoms with van der Waals surface area (Å²) in [6, 6.07) is 7.03. The van der Waals surface area contributed by atoms with Crippen LogP contribution in [0.3, 0.4) is 0 Å². The first kappa shape index (κ1) is 22.3. The van der Waals surface area contributed by atoms with Crippen molar-refractivity contribution in [2.24, 2.45) is 11.1 Å². The van der Waals surface area contributed by atoms with E-state index in [1.54, 1.807) is 0 Å². The number of halogens is 1. The maximum absolute atomic E-state index is 12.4. The number of urea groups is 1. The van der Waals surface area contributed by atoms with E-state index in [-0.39, 0.29) is 35.8 Å². The van der Waals surface area contributed by atoms with Crippen molar-refractivity contribution in [2.75, 3.05) is 18.4 Å². The molecule has 0 aromatic heterocycles. The summed E-state index contributed by atoms with van der Waals surface area (Å²) in [6.07, 6.45) is 1.48. The smallest absolute Gasteiger partial charge is 0.319 e. The van der Waals surface area contributed by atoms with E-state index in [4.69, 9.17) is 5.73 Å². The standard InChI is InChI=1S/C19H30N4O2.ClH/c1-13-5-7-14(8-6-13)21-18(25)22-15-9-11-23(12-10-15)17(24)16(20)19(2,3)4;/h5-8,15-16H,9-12,20H2,1-4H3,(H2,21,22,25);1H/t16-;/m1./s1. The number of carbonyl (C=O) groups is 2. The number of nitrogens with two attached hydrogens (primary N) is 1. The Morgan fingerprint density at radius 2 is 1.69 bits per heavy atom. The molecule has 1 fully saturated rings. The Balaban J connectivity index is 0.00000338. The fourth-order valence-electron chi connectivity index (χ4n) is 2.80. The first-order valence-electron chi connectivity index (χ1n) is 8.85. The molecule has 0 bridgehead atoms. The lowest BCUT2D eigenvalue weighted by atomic mass is 9.86. The molecule has 146 valence electrons. The van der Waals surface area contributed by atoms with Gasteiger partial charge in [0, 0.05) is 24.8 Å². The molecule has 4 N–H and O–H groups in total. The van der Waals surface area contributed by atoms with Crippen LogP contribution in [0.15, 0.2) is 24.3 Å². The quantitative estimate of drug-likeness (QED) is 0.751. The van der Waals surface area contributed by atoms with Gasteiger partial charge < -0.3 is 21.3 Å². The van der Waals surface area contributed by atoms with E-state index in [1.165, 1.54) is 0 Å². The van der Waals surface area contributed by atoms with Crippen LogP contribution >= 0.6 is 12.4 Å². The number of nitrogens with one attached hydrogen (secondary N) is 2. The molecule has 0 aliphatic carbocycles. The van der Waals surface area contributed by atoms with Gasteiger partial charge in [-0.05, 0) is 37.3 Å². The Labute approximate surface area is 162 Å². The number of carbonyl (C=O) groups excluding carboxylic acids is 2. The number of piperidine rings is 1. The number of rotatable bonds is 3. The molecule has 26 heavy (non-hydrogen) atoms. The molecule has 1 aromatic rings. The molecule has 0 saturated carbocycles. The lowest BCUT2D eigenvalue weighted by Gasteiger charge is -2.36. The summed E-state index contributed by atoms with van der Waals surface area (Å²) in [5.74, 6) is -0.00458. The van der Waals surface area contributed by atoms with Crippen molar-refractivity contribution in [3.8, 4) is 0 Å². The van der Waals surface area contributed by atoms with Crippen LogP contribution < -0.4 is 16.4 Å². The Bertz CT molecular complexity index is 605. The van der Waals surface area contributed by atoms with E-state index in [9.17, 15) is 9.59 Å². The largest absolute Gasteiger partial charge is 0.341 e. The Kier molecular flexibility index (Phi) is 7.90. The Morgan fingerprint density at radius 3 is 2.19 bits per heavy atom. The van der Waals surface area contributed by atoms with Gasteiger partial charge in [0.05, 0.1) is 6.04 Å². The number of hydrogen-bond donors (Lipinski definition) is 3. The predicted octanol–water partition coefficient (Wildman–Crippen LogP) is 2.90. The highest BCUT2D eigenvalue weighted by atomic mass is 35.5. The van der Waals surface area contributed by atoms with Crippen LogP contribution in [-0.4, -0.2) is 42.0 Å². The number of anilines is 1. The number of hydrogen-bond acceptors (Lipinski definition) is 3. The first-order valence-corrected chi connectivity index (χ1v) is 8.85. The molecule has 1 saturated heterocycles. The SMILES string of the molecule is Cc1ccc(NC(=O)NC2CCN(C(=O)[C@@H](N)C(C)(C)C)CC2)cc1.Cl. The van der Waals surface area contributed by atoms with Crippen LogP contribution in [-0.2, 0) is 4.79 Å². The summed E-state index contributed by atoms with van der Waals surface area (Å²) in [5.41, 5.74) is 7.74. The second kappa shape index (κ2) is 9.24. The third-order valence-corrected chi connectivity index (χ3v) is 4.65. The van der Waals surface area contributed by atoms with Crippen molar-refractivity contribution >= 4 is 30.0 Å². The molecule has 1 aromatic carbocycles. The zero-order chi connectivity index (χ0) is 18.6. The van der Waals surface area contributed by atoms with Gasteiger partial charge in [-0.25, -0.2) is 4.79 Å². The van der Waals surface area contributed by atoms with Gasteiger partial charge >= 0.3 is 6.03 Å². The van der Waals surface area contributed by atoms with Crippen LogP contribution in [0.4, 0.5) is 10.5 Å². The fraction of sp³-hybridized carbons (Fsp3) is 0.579. The molecular weight excluding hydrogens is 352 g/mol. The Morgan fingerprint density at radius 1 is 1.15 bits per heavy atom. The minimum absolute atomic E-state index is 0. The molecule has 3 amide bonds. The van der Waals surface area contributed by atoms with Crippen molar-refractivity contribution in [2.45, 2.75) is 52.6 Å². The summed E-state index contributed by atoms with van der Waals surface area (Å²) in [5, 5.41) is 5.82. The van der Waals surface area contributed by atoms with E-state index >= 15 is 0 Å². The lowest BCUT2D eigenvalue weighted by molar-refractivity contribution is -0.136. The van der Waals surface area contributed by atoms with Crippen LogP contribution in [0.2, 0.25) is 0 Å². The van der Waals surface area contributed by atoms with Gasteiger partial charge in [0.1, 0.15) is 0 Å². The monoisotopic (exact) mass is 382 g/mol. The minimum Gasteiger partial charge on any atom is -0.341 e. The molecule has 0 spiro atoms. The Hall–Kier alpha value is -1.79. The second-order valence-corrected chi connectivity index (χ2v) is 7.91. The van der Waals surface area contributed by atoms with Gasteiger partial charge in [-0.2, -0.15) is 0 Å². The second-order valence-electron chi connectivity index (χ2n) is 7.91. The zero-order valence-corrected chi connectivity index (χ0v) is 16.9. The van der Waals surface area contributed by atoms with Crippen LogP contribution in [0, 0.1) is 12.3 Å². The van der Waals surface area contributed by atoms with E-state index in [0.717, 1.165) is 24.1 Å². The van der Waals surface area contributed by atoms with Crippen LogP contribution in [0.5, 0.6) is 0 Å². The summed E-state index contributed by atoms with van der Waals surface area (Å²) < 4.78 is 0. The van der Waals surface area contributed by atoms with Gasteiger partial charge in [0.25, 0.3) is 0 Å². The predicted molar refractivity (Wildman–Crippen MR) is 108 cm³/mol. The summed E-state index contributed by atoms with van der Waals surface area (Å²) >= 11 is 0. The van der Waals surface area contributed by atoms with Crippen molar-refractivity contribution < 1.29 is 9.59 Å². The normalized spacial score (nSPS) is 16.4.